The summed E-state index contributed by atoms with van der Waals surface area (Å²) in [6, 6.07) is 3.85. The minimum Gasteiger partial charge on any atom is -0.494 e. The summed E-state index contributed by atoms with van der Waals surface area (Å²) in [5, 5.41) is 0. The summed E-state index contributed by atoms with van der Waals surface area (Å²) in [6.07, 6.45) is 6.34. The molecule has 0 heterocycles. The second kappa shape index (κ2) is 11.4. The van der Waals surface area contributed by atoms with Crippen molar-refractivity contribution in [3.05, 3.63) is 29.8 Å². The van der Waals surface area contributed by atoms with Gasteiger partial charge in [0.25, 0.3) is 0 Å². The molecule has 1 rings (SSSR count). The minimum atomic E-state index is -5.59. The molecule has 0 radical (unpaired) electrons. The third kappa shape index (κ3) is 7.92. The van der Waals surface area contributed by atoms with Crippen molar-refractivity contribution >= 4 is 0 Å². The first-order valence-electron chi connectivity index (χ1n) is 9.47. The number of hydrogen-bond donors (Lipinski definition) is 0. The van der Waals surface area contributed by atoms with Crippen LogP contribution in [0.5, 0.6) is 5.75 Å². The third-order valence-corrected chi connectivity index (χ3v) is 4.34. The van der Waals surface area contributed by atoms with Crippen molar-refractivity contribution in [3.8, 4) is 5.75 Å². The average Bonchev–Trinajstić information content (AvgIpc) is 2.59. The predicted molar refractivity (Wildman–Crippen MR) is 93.7 cm³/mol. The Labute approximate surface area is 152 Å². The quantitative estimate of drug-likeness (QED) is 0.252. The number of ether oxygens (including phenoxy) is 1. The van der Waals surface area contributed by atoms with Gasteiger partial charge < -0.3 is 4.74 Å². The van der Waals surface area contributed by atoms with Crippen molar-refractivity contribution in [1.29, 1.82) is 0 Å². The fourth-order valence-electron chi connectivity index (χ4n) is 2.70. The fourth-order valence-corrected chi connectivity index (χ4v) is 2.70. The van der Waals surface area contributed by atoms with Crippen LogP contribution in [0.25, 0.3) is 0 Å². The average molecular weight is 380 g/mol. The molecule has 1 nitrogen and oxygen atoms in total. The molecule has 0 bridgehead atoms. The van der Waals surface area contributed by atoms with E-state index in [-0.39, 0.29) is 0 Å². The van der Waals surface area contributed by atoms with Gasteiger partial charge in [-0.05, 0) is 30.7 Å². The monoisotopic (exact) mass is 380 g/mol. The molecule has 0 amide bonds. The number of benzene rings is 1. The predicted octanol–water partition coefficient (Wildman–Crippen LogP) is 7.64. The van der Waals surface area contributed by atoms with Crippen molar-refractivity contribution in [2.45, 2.75) is 83.2 Å². The molecular formula is C20H29F5O. The molecule has 6 heteroatoms. The zero-order valence-electron chi connectivity index (χ0n) is 15.4. The summed E-state index contributed by atoms with van der Waals surface area (Å²) in [6.45, 7) is 2.64. The normalized spacial score (nSPS) is 12.4. The standard InChI is InChI=1S/C20H29F5O/c1-2-3-4-5-6-7-8-9-10-11-16-26-18-14-12-17(13-15-18)19(21,22)20(23,24)25/h12-15H,2-11,16H2,1H3. The zero-order valence-corrected chi connectivity index (χ0v) is 15.4. The highest BCUT2D eigenvalue weighted by atomic mass is 19.4. The van der Waals surface area contributed by atoms with Gasteiger partial charge >= 0.3 is 12.1 Å². The van der Waals surface area contributed by atoms with E-state index in [9.17, 15) is 22.0 Å². The van der Waals surface area contributed by atoms with E-state index < -0.39 is 17.7 Å². The molecule has 150 valence electrons. The molecule has 0 spiro atoms. The highest BCUT2D eigenvalue weighted by Crippen LogP contribution is 2.44. The van der Waals surface area contributed by atoms with Gasteiger partial charge in [-0.15, -0.1) is 0 Å². The Bertz CT molecular complexity index is 482. The van der Waals surface area contributed by atoms with Gasteiger partial charge in [0.2, 0.25) is 0 Å². The van der Waals surface area contributed by atoms with Crippen LogP contribution in [0.1, 0.15) is 76.7 Å². The molecule has 0 aromatic heterocycles. The van der Waals surface area contributed by atoms with E-state index in [2.05, 4.69) is 6.92 Å². The first kappa shape index (κ1) is 22.7. The Balaban J connectivity index is 2.15. The van der Waals surface area contributed by atoms with Gasteiger partial charge in [-0.3, -0.25) is 0 Å². The molecule has 1 aromatic rings. The lowest BCUT2D eigenvalue weighted by atomic mass is 10.1. The maximum absolute atomic E-state index is 13.2. The van der Waals surface area contributed by atoms with Crippen molar-refractivity contribution in [2.75, 3.05) is 6.61 Å². The summed E-state index contributed by atoms with van der Waals surface area (Å²) in [4.78, 5) is 0. The number of hydrogen-bond acceptors (Lipinski definition) is 1. The highest BCUT2D eigenvalue weighted by molar-refractivity contribution is 5.30. The van der Waals surface area contributed by atoms with Crippen LogP contribution >= 0.6 is 0 Å². The van der Waals surface area contributed by atoms with Gasteiger partial charge in [0.15, 0.2) is 0 Å². The molecule has 0 atom stereocenters. The second-order valence-corrected chi connectivity index (χ2v) is 6.63. The summed E-state index contributed by atoms with van der Waals surface area (Å²) >= 11 is 0. The highest BCUT2D eigenvalue weighted by Gasteiger charge is 2.58. The summed E-state index contributed by atoms with van der Waals surface area (Å²) < 4.78 is 68.6. The Morgan fingerprint density at radius 3 is 1.62 bits per heavy atom. The first-order chi connectivity index (χ1) is 12.3. The maximum Gasteiger partial charge on any atom is 0.458 e. The Morgan fingerprint density at radius 2 is 1.15 bits per heavy atom. The van der Waals surface area contributed by atoms with Crippen LogP contribution < -0.4 is 4.74 Å². The largest absolute Gasteiger partial charge is 0.494 e. The lowest BCUT2D eigenvalue weighted by molar-refractivity contribution is -0.289. The third-order valence-electron chi connectivity index (χ3n) is 4.34. The molecule has 0 aliphatic heterocycles. The molecule has 1 aromatic carbocycles. The van der Waals surface area contributed by atoms with Crippen molar-refractivity contribution in [1.82, 2.24) is 0 Å². The summed E-state index contributed by atoms with van der Waals surface area (Å²) in [5.41, 5.74) is -1.07. The maximum atomic E-state index is 13.2. The molecule has 0 fully saturated rings. The van der Waals surface area contributed by atoms with Crippen LogP contribution in [0.2, 0.25) is 0 Å². The first-order valence-corrected chi connectivity index (χ1v) is 9.47. The van der Waals surface area contributed by atoms with E-state index in [1.54, 1.807) is 0 Å². The van der Waals surface area contributed by atoms with Crippen LogP contribution in [0.4, 0.5) is 22.0 Å². The molecule has 0 N–H and O–H groups in total. The smallest absolute Gasteiger partial charge is 0.458 e. The summed E-state index contributed by atoms with van der Waals surface area (Å²) in [5.74, 6) is -4.54. The van der Waals surface area contributed by atoms with Gasteiger partial charge in [0.1, 0.15) is 5.75 Å². The van der Waals surface area contributed by atoms with E-state index in [0.717, 1.165) is 43.5 Å². The van der Waals surface area contributed by atoms with E-state index >= 15 is 0 Å². The Hall–Kier alpha value is -1.33. The van der Waals surface area contributed by atoms with Gasteiger partial charge in [-0.25, -0.2) is 0 Å². The van der Waals surface area contributed by atoms with E-state index in [1.807, 2.05) is 0 Å². The zero-order chi connectivity index (χ0) is 19.5. The van der Waals surface area contributed by atoms with Crippen LogP contribution in [0, 0.1) is 0 Å². The molecular weight excluding hydrogens is 351 g/mol. The molecule has 0 unspecified atom stereocenters. The van der Waals surface area contributed by atoms with Gasteiger partial charge in [0.05, 0.1) is 6.61 Å². The van der Waals surface area contributed by atoms with Crippen LogP contribution in [0.15, 0.2) is 24.3 Å². The van der Waals surface area contributed by atoms with E-state index in [4.69, 9.17) is 4.74 Å². The number of rotatable bonds is 13. The summed E-state index contributed by atoms with van der Waals surface area (Å²) in [7, 11) is 0. The minimum absolute atomic E-state index is 0.308. The molecule has 26 heavy (non-hydrogen) atoms. The molecule has 0 saturated heterocycles. The van der Waals surface area contributed by atoms with Crippen LogP contribution in [-0.2, 0) is 5.92 Å². The second-order valence-electron chi connectivity index (χ2n) is 6.63. The van der Waals surface area contributed by atoms with Gasteiger partial charge in [0, 0.05) is 5.56 Å². The number of unbranched alkanes of at least 4 members (excludes halogenated alkanes) is 9. The van der Waals surface area contributed by atoms with Crippen LogP contribution in [0.3, 0.4) is 0 Å². The Morgan fingerprint density at radius 1 is 0.692 bits per heavy atom. The lowest BCUT2D eigenvalue weighted by Gasteiger charge is -2.20. The van der Waals surface area contributed by atoms with E-state index in [0.29, 0.717) is 12.4 Å². The fraction of sp³-hybridized carbons (Fsp3) is 0.700. The lowest BCUT2D eigenvalue weighted by Crippen LogP contribution is -2.33. The Kier molecular flexibility index (Phi) is 9.96. The van der Waals surface area contributed by atoms with Crippen LogP contribution in [-0.4, -0.2) is 12.8 Å². The topological polar surface area (TPSA) is 9.23 Å². The van der Waals surface area contributed by atoms with Crippen molar-refractivity contribution in [3.63, 3.8) is 0 Å². The molecule has 0 aliphatic carbocycles. The number of alkyl halides is 5. The van der Waals surface area contributed by atoms with E-state index in [1.165, 1.54) is 44.9 Å². The van der Waals surface area contributed by atoms with Gasteiger partial charge in [-0.1, -0.05) is 64.7 Å². The van der Waals surface area contributed by atoms with Crippen molar-refractivity contribution in [2.24, 2.45) is 0 Å². The molecule has 0 aliphatic rings. The number of halogens is 5. The molecule has 0 saturated carbocycles. The SMILES string of the molecule is CCCCCCCCCCCCOc1ccc(C(F)(F)C(F)(F)F)cc1. The van der Waals surface area contributed by atoms with Crippen molar-refractivity contribution < 1.29 is 26.7 Å². The van der Waals surface area contributed by atoms with Gasteiger partial charge in [-0.2, -0.15) is 22.0 Å².